The van der Waals surface area contributed by atoms with Crippen molar-refractivity contribution in [2.24, 2.45) is 0 Å². The molecule has 4 heteroatoms. The van der Waals surface area contributed by atoms with E-state index in [0.717, 1.165) is 6.21 Å². The summed E-state index contributed by atoms with van der Waals surface area (Å²) >= 11 is 0. The normalized spacial score (nSPS) is 8.28. The molecular formula is C14H35NO2Sn. The van der Waals surface area contributed by atoms with Crippen LogP contribution in [0.3, 0.4) is 0 Å². The minimum Gasteiger partial charge on any atom is -0.418 e. The third kappa shape index (κ3) is 142. The van der Waals surface area contributed by atoms with E-state index in [2.05, 4.69) is 41.5 Å². The van der Waals surface area contributed by atoms with Crippen molar-refractivity contribution in [2.75, 3.05) is 0 Å². The monoisotopic (exact) mass is 369 g/mol. The third-order valence-corrected chi connectivity index (χ3v) is 1.72. The summed E-state index contributed by atoms with van der Waals surface area (Å²) < 4.78 is 0. The third-order valence-electron chi connectivity index (χ3n) is 1.72. The van der Waals surface area contributed by atoms with Gasteiger partial charge in [-0.15, -0.1) is 0 Å². The van der Waals surface area contributed by atoms with Gasteiger partial charge < -0.3 is 5.21 Å². The second-order valence-electron chi connectivity index (χ2n) is 3.56. The van der Waals surface area contributed by atoms with Crippen molar-refractivity contribution in [3.05, 3.63) is 5.21 Å². The molecule has 0 heterocycles. The van der Waals surface area contributed by atoms with Crippen molar-refractivity contribution in [2.45, 2.75) is 87.0 Å². The Labute approximate surface area is 132 Å². The Balaban J connectivity index is -0.0000000412. The molecule has 0 atom stereocenters. The smallest absolute Gasteiger partial charge is 0.206 e. The number of nitrogens with zero attached hydrogens (tertiary/aromatic N) is 1. The molecule has 0 saturated heterocycles. The SMILES string of the molecule is C/C=[N+](\[O-])O.CCCC.CCCC.CCCC.[Sn]. The molecule has 0 fully saturated rings. The van der Waals surface area contributed by atoms with Gasteiger partial charge in [-0.05, 0) is 0 Å². The van der Waals surface area contributed by atoms with Crippen LogP contribution in [0.25, 0.3) is 0 Å². The Morgan fingerprint density at radius 2 is 0.889 bits per heavy atom. The van der Waals surface area contributed by atoms with Gasteiger partial charge in [0.15, 0.2) is 0 Å². The van der Waals surface area contributed by atoms with Crippen LogP contribution in [0.4, 0.5) is 0 Å². The van der Waals surface area contributed by atoms with E-state index in [0.29, 0.717) is 0 Å². The second kappa shape index (κ2) is 43.5. The molecule has 0 spiro atoms. The van der Waals surface area contributed by atoms with Crippen molar-refractivity contribution in [3.63, 3.8) is 0 Å². The summed E-state index contributed by atoms with van der Waals surface area (Å²) in [6, 6.07) is 0. The maximum absolute atomic E-state index is 9.23. The van der Waals surface area contributed by atoms with Crippen molar-refractivity contribution in [3.8, 4) is 0 Å². The van der Waals surface area contributed by atoms with Crippen LogP contribution >= 0.6 is 0 Å². The second-order valence-corrected chi connectivity index (χ2v) is 3.56. The van der Waals surface area contributed by atoms with Gasteiger partial charge in [-0.2, -0.15) is 0 Å². The quantitative estimate of drug-likeness (QED) is 0.250. The summed E-state index contributed by atoms with van der Waals surface area (Å²) in [6.07, 6.45) is 8.92. The zero-order chi connectivity index (χ0) is 14.5. The first kappa shape index (κ1) is 30.8. The molecule has 0 amide bonds. The largest absolute Gasteiger partial charge is 0.418 e. The predicted octanol–water partition coefficient (Wildman–Crippen LogP) is 5.02. The number of hydrogen-bond acceptors (Lipinski definition) is 2. The van der Waals surface area contributed by atoms with E-state index in [1.54, 1.807) is 0 Å². The molecule has 4 radical (unpaired) electrons. The van der Waals surface area contributed by atoms with Crippen molar-refractivity contribution < 1.29 is 10.1 Å². The first-order valence-corrected chi connectivity index (χ1v) is 6.96. The molecule has 0 aromatic heterocycles. The molecular weight excluding hydrogens is 333 g/mol. The van der Waals surface area contributed by atoms with Gasteiger partial charge in [0.1, 0.15) is 0 Å². The van der Waals surface area contributed by atoms with Gasteiger partial charge in [0.05, 0.1) is 0 Å². The van der Waals surface area contributed by atoms with Gasteiger partial charge in [-0.3, -0.25) is 5.21 Å². The zero-order valence-electron chi connectivity index (χ0n) is 13.6. The Morgan fingerprint density at radius 1 is 0.778 bits per heavy atom. The van der Waals surface area contributed by atoms with Gasteiger partial charge in [-0.25, -0.2) is 0 Å². The van der Waals surface area contributed by atoms with Gasteiger partial charge in [0.25, 0.3) is 0 Å². The average Bonchev–Trinajstić information content (AvgIpc) is 2.39. The summed E-state index contributed by atoms with van der Waals surface area (Å²) in [4.78, 5) is -0.250. The summed E-state index contributed by atoms with van der Waals surface area (Å²) in [5, 5.41) is 16.8. The number of unbranched alkanes of at least 4 members (excludes halogenated alkanes) is 3. The molecule has 0 aromatic rings. The van der Waals surface area contributed by atoms with Crippen LogP contribution in [-0.4, -0.2) is 40.2 Å². The van der Waals surface area contributed by atoms with E-state index in [-0.39, 0.29) is 28.8 Å². The van der Waals surface area contributed by atoms with Crippen molar-refractivity contribution in [1.82, 2.24) is 0 Å². The summed E-state index contributed by atoms with van der Waals surface area (Å²) in [5.41, 5.74) is 0. The first-order valence-electron chi connectivity index (χ1n) is 6.96. The van der Waals surface area contributed by atoms with E-state index in [9.17, 15) is 5.21 Å². The molecule has 0 aliphatic heterocycles. The van der Waals surface area contributed by atoms with Crippen LogP contribution in [-0.2, 0) is 0 Å². The maximum atomic E-state index is 9.23. The van der Waals surface area contributed by atoms with Crippen LogP contribution in [0.2, 0.25) is 0 Å². The van der Waals surface area contributed by atoms with Crippen LogP contribution < -0.4 is 0 Å². The molecule has 1 N–H and O–H groups in total. The molecule has 0 bridgehead atoms. The maximum Gasteiger partial charge on any atom is 0.206 e. The summed E-state index contributed by atoms with van der Waals surface area (Å²) in [6.45, 7) is 14.5. The Kier molecular flexibility index (Phi) is 74.4. The molecule has 112 valence electrons. The van der Waals surface area contributed by atoms with Crippen LogP contribution in [0.5, 0.6) is 0 Å². The zero-order valence-corrected chi connectivity index (χ0v) is 16.5. The fraction of sp³-hybridized carbons (Fsp3) is 0.929. The molecule has 0 aliphatic rings. The standard InChI is InChI=1S/3C4H10.C2H5NO2.Sn/c3*1-3-4-2;1-2-3(4)5;/h3*3-4H2,1-2H3;2H,1H3,(H,4,5);. The summed E-state index contributed by atoms with van der Waals surface area (Å²) in [5.74, 6) is 0. The summed E-state index contributed by atoms with van der Waals surface area (Å²) in [7, 11) is 0. The fourth-order valence-electron chi connectivity index (χ4n) is 0. The molecule has 0 aliphatic carbocycles. The molecule has 0 saturated carbocycles. The van der Waals surface area contributed by atoms with Gasteiger partial charge in [0.2, 0.25) is 6.21 Å². The van der Waals surface area contributed by atoms with E-state index < -0.39 is 0 Å². The predicted molar refractivity (Wildman–Crippen MR) is 84.7 cm³/mol. The van der Waals surface area contributed by atoms with Crippen molar-refractivity contribution in [1.29, 1.82) is 0 Å². The van der Waals surface area contributed by atoms with E-state index >= 15 is 0 Å². The Bertz CT molecular complexity index is 101. The van der Waals surface area contributed by atoms with Crippen LogP contribution in [0, 0.1) is 5.21 Å². The first-order chi connectivity index (χ1) is 8.01. The number of rotatable bonds is 3. The number of hydrogen-bond donors (Lipinski definition) is 1. The van der Waals surface area contributed by atoms with Crippen LogP contribution in [0.15, 0.2) is 0 Å². The minimum absolute atomic E-state index is 0. The van der Waals surface area contributed by atoms with Crippen LogP contribution in [0.1, 0.15) is 87.0 Å². The van der Waals surface area contributed by atoms with Crippen molar-refractivity contribution >= 4 is 30.1 Å². The molecule has 0 rings (SSSR count). The molecule has 0 unspecified atom stereocenters. The van der Waals surface area contributed by atoms with E-state index in [1.165, 1.54) is 45.4 Å². The topological polar surface area (TPSA) is 46.3 Å². The van der Waals surface area contributed by atoms with E-state index in [4.69, 9.17) is 5.21 Å². The van der Waals surface area contributed by atoms with Gasteiger partial charge >= 0.3 is 0 Å². The van der Waals surface area contributed by atoms with Gasteiger partial charge in [-0.1, -0.05) is 80.1 Å². The molecule has 0 aromatic carbocycles. The van der Waals surface area contributed by atoms with Gasteiger partial charge in [0, 0.05) is 35.7 Å². The molecule has 18 heavy (non-hydrogen) atoms. The molecule has 3 nitrogen and oxygen atoms in total. The Hall–Kier alpha value is 0.0687. The Morgan fingerprint density at radius 3 is 0.889 bits per heavy atom. The van der Waals surface area contributed by atoms with E-state index in [1.807, 2.05) is 0 Å². The average molecular weight is 368 g/mol. The fourth-order valence-corrected chi connectivity index (χ4v) is 0. The minimum atomic E-state index is -0.250.